The molecule has 4 aromatic rings. The standard InChI is InChI=1S/C21H15F4N5O2S.C20H15F3N4OS.CH4/c1-26-16-14(21(23,24)25)8-12(10-28-16)29-18(32)20(6-3-7-20)30(19(29)33)11-4-5-13(15(22)9-11)17(31)27-2;1-12-4-6-13(7-5-12)27-18(29)26(17(28)19(27)8-3-9-19)14-10-15(20(21,22)23)16(24-2)25-11-14;/h4-5,8-10H,3,6-7H2,2H3,(H,27,31);4-7,10-11H,3,8-9H2,1H3;1H4. The Bertz CT molecular complexity index is 2650. The van der Waals surface area contributed by atoms with Crippen molar-refractivity contribution in [2.24, 2.45) is 0 Å². The van der Waals surface area contributed by atoms with Gasteiger partial charge in [0.05, 0.1) is 28.1 Å². The number of aromatic nitrogens is 2. The van der Waals surface area contributed by atoms with E-state index in [4.69, 9.17) is 37.6 Å². The molecule has 8 rings (SSSR count). The van der Waals surface area contributed by atoms with E-state index in [1.807, 2.05) is 31.2 Å². The lowest BCUT2D eigenvalue weighted by molar-refractivity contribution is -0.137. The second kappa shape index (κ2) is 16.6. The van der Waals surface area contributed by atoms with Crippen molar-refractivity contribution in [1.29, 1.82) is 0 Å². The van der Waals surface area contributed by atoms with E-state index >= 15 is 0 Å². The molecule has 2 spiro atoms. The second-order valence-electron chi connectivity index (χ2n) is 14.7. The highest BCUT2D eigenvalue weighted by atomic mass is 32.1. The molecule has 12 nitrogen and oxygen atoms in total. The Labute approximate surface area is 366 Å². The number of carbonyl (C=O) groups is 3. The molecule has 21 heteroatoms. The predicted octanol–water partition coefficient (Wildman–Crippen LogP) is 9.87. The Morgan fingerprint density at radius 3 is 1.48 bits per heavy atom. The van der Waals surface area contributed by atoms with Crippen molar-refractivity contribution in [3.63, 3.8) is 0 Å². The van der Waals surface area contributed by atoms with Gasteiger partial charge in [0.2, 0.25) is 0 Å². The average molecular weight is 910 g/mol. The van der Waals surface area contributed by atoms with Crippen molar-refractivity contribution in [2.45, 2.75) is 76.3 Å². The van der Waals surface area contributed by atoms with E-state index in [0.717, 1.165) is 52.0 Å². The van der Waals surface area contributed by atoms with Gasteiger partial charge in [0, 0.05) is 18.4 Å². The van der Waals surface area contributed by atoms with Crippen molar-refractivity contribution in [3.8, 4) is 0 Å². The van der Waals surface area contributed by atoms with Gasteiger partial charge in [-0.15, -0.1) is 9.97 Å². The largest absolute Gasteiger partial charge is 0.409 e. The molecule has 4 aliphatic rings. The van der Waals surface area contributed by atoms with E-state index < -0.39 is 63.8 Å². The number of alkyl halides is 6. The van der Waals surface area contributed by atoms with Crippen molar-refractivity contribution in [1.82, 2.24) is 15.3 Å². The van der Waals surface area contributed by atoms with Crippen LogP contribution >= 0.6 is 24.4 Å². The summed E-state index contributed by atoms with van der Waals surface area (Å²) in [5.74, 6) is -3.99. The molecule has 0 unspecified atom stereocenters. The molecule has 2 aromatic heterocycles. The van der Waals surface area contributed by atoms with Crippen molar-refractivity contribution >= 4 is 86.8 Å². The number of aryl methyl sites for hydroxylation is 1. The third kappa shape index (κ3) is 7.58. The molecule has 0 atom stereocenters. The number of halogens is 7. The number of thiocarbonyl (C=S) groups is 2. The van der Waals surface area contributed by atoms with Crippen LogP contribution < -0.4 is 24.9 Å². The van der Waals surface area contributed by atoms with Crippen LogP contribution in [0.15, 0.2) is 67.0 Å². The van der Waals surface area contributed by atoms with Crippen LogP contribution in [0.25, 0.3) is 9.69 Å². The first-order valence-corrected chi connectivity index (χ1v) is 19.4. The second-order valence-corrected chi connectivity index (χ2v) is 15.4. The first kappa shape index (κ1) is 45.9. The molecule has 2 aliphatic heterocycles. The lowest BCUT2D eigenvalue weighted by Gasteiger charge is -2.43. The number of nitrogens with zero attached hydrogens (tertiary/aromatic N) is 8. The third-order valence-electron chi connectivity index (χ3n) is 11.2. The Kier molecular flexibility index (Phi) is 12.1. The maximum absolute atomic E-state index is 14.6. The average Bonchev–Trinajstić information content (AvgIpc) is 3.59. The van der Waals surface area contributed by atoms with Gasteiger partial charge in [-0.3, -0.25) is 24.2 Å². The maximum atomic E-state index is 14.6. The maximum Gasteiger partial charge on any atom is 0.409 e. The molecular formula is C42H34F7N9O3S2. The number of rotatable bonds is 5. The van der Waals surface area contributed by atoms with Crippen molar-refractivity contribution in [3.05, 3.63) is 118 Å². The molecule has 4 fully saturated rings. The SMILES string of the molecule is C.[C-]#[N+]c1ncc(N2C(=O)C3(CCC3)N(c3ccc(C(=O)NC)c(F)c3)C2=S)cc1C(F)(F)F.[C-]#[N+]c1ncc(N2C(=O)C3(CCC3)N(c3ccc(C)cc3)C2=S)cc1C(F)(F)F. The number of hydrogen-bond donors (Lipinski definition) is 1. The molecule has 2 aliphatic carbocycles. The summed E-state index contributed by atoms with van der Waals surface area (Å²) in [6, 6.07) is 12.7. The van der Waals surface area contributed by atoms with E-state index in [1.165, 1.54) is 24.1 Å². The van der Waals surface area contributed by atoms with Gasteiger partial charge in [0.1, 0.15) is 29.3 Å². The topological polar surface area (TPSA) is 111 Å². The van der Waals surface area contributed by atoms with Crippen LogP contribution in [0.4, 0.5) is 65.1 Å². The highest BCUT2D eigenvalue weighted by Crippen LogP contribution is 2.50. The van der Waals surface area contributed by atoms with Gasteiger partial charge in [-0.1, -0.05) is 38.3 Å². The highest BCUT2D eigenvalue weighted by molar-refractivity contribution is 7.81. The van der Waals surface area contributed by atoms with Crippen LogP contribution in [0.1, 0.15) is 73.0 Å². The van der Waals surface area contributed by atoms with Crippen LogP contribution in [-0.2, 0) is 21.9 Å². The summed E-state index contributed by atoms with van der Waals surface area (Å²) in [5.41, 5.74) is -3.09. The number of pyridine rings is 2. The summed E-state index contributed by atoms with van der Waals surface area (Å²) < 4.78 is 95.1. The summed E-state index contributed by atoms with van der Waals surface area (Å²) in [5, 5.41) is 2.29. The highest BCUT2D eigenvalue weighted by Gasteiger charge is 2.61. The zero-order valence-corrected chi connectivity index (χ0v) is 34.0. The van der Waals surface area contributed by atoms with Gasteiger partial charge in [-0.05, 0) is 112 Å². The summed E-state index contributed by atoms with van der Waals surface area (Å²) in [7, 11) is 1.35. The fourth-order valence-electron chi connectivity index (χ4n) is 7.80. The fraction of sp³-hybridized carbons (Fsp3) is 0.310. The number of benzene rings is 2. The lowest BCUT2D eigenvalue weighted by Crippen LogP contribution is -2.55. The number of carbonyl (C=O) groups excluding carboxylic acids is 3. The Morgan fingerprint density at radius 2 is 1.13 bits per heavy atom. The normalized spacial score (nSPS) is 17.4. The molecule has 3 amide bonds. The third-order valence-corrected chi connectivity index (χ3v) is 11.9. The molecule has 2 saturated carbocycles. The van der Waals surface area contributed by atoms with Crippen LogP contribution in [0.3, 0.4) is 0 Å². The number of amides is 3. The molecule has 2 saturated heterocycles. The quantitative estimate of drug-likeness (QED) is 0.119. The minimum atomic E-state index is -4.86. The van der Waals surface area contributed by atoms with Crippen LogP contribution in [0.5, 0.6) is 0 Å². The van der Waals surface area contributed by atoms with Crippen molar-refractivity contribution < 1.29 is 45.1 Å². The minimum absolute atomic E-state index is 0. The lowest BCUT2D eigenvalue weighted by atomic mass is 9.75. The molecule has 1 N–H and O–H groups in total. The Balaban J connectivity index is 0.000000208. The zero-order chi connectivity index (χ0) is 45.1. The molecule has 4 heterocycles. The molecule has 63 heavy (non-hydrogen) atoms. The monoisotopic (exact) mass is 909 g/mol. The van der Waals surface area contributed by atoms with Crippen LogP contribution in [0.2, 0.25) is 0 Å². The van der Waals surface area contributed by atoms with Gasteiger partial charge in [0.25, 0.3) is 29.4 Å². The Hall–Kier alpha value is -6.58. The van der Waals surface area contributed by atoms with Gasteiger partial charge < -0.3 is 24.8 Å². The molecule has 2 aromatic carbocycles. The first-order valence-electron chi connectivity index (χ1n) is 18.6. The number of hydrogen-bond acceptors (Lipinski definition) is 7. The van der Waals surface area contributed by atoms with E-state index in [0.29, 0.717) is 38.2 Å². The zero-order valence-electron chi connectivity index (χ0n) is 32.4. The summed E-state index contributed by atoms with van der Waals surface area (Å²) in [4.78, 5) is 56.6. The molecule has 0 radical (unpaired) electrons. The first-order chi connectivity index (χ1) is 29.2. The minimum Gasteiger partial charge on any atom is -0.360 e. The van der Waals surface area contributed by atoms with E-state index in [-0.39, 0.29) is 46.2 Å². The predicted molar refractivity (Wildman–Crippen MR) is 227 cm³/mol. The van der Waals surface area contributed by atoms with E-state index in [1.54, 1.807) is 4.90 Å². The van der Waals surface area contributed by atoms with Gasteiger partial charge in [-0.2, -0.15) is 26.3 Å². The number of anilines is 4. The van der Waals surface area contributed by atoms with Crippen LogP contribution in [-0.4, -0.2) is 56.0 Å². The molecule has 326 valence electrons. The summed E-state index contributed by atoms with van der Waals surface area (Å²) in [6.45, 7) is 15.8. The number of nitrogens with one attached hydrogen (secondary N) is 1. The Morgan fingerprint density at radius 1 is 0.714 bits per heavy atom. The fourth-order valence-corrected chi connectivity index (χ4v) is 8.74. The van der Waals surface area contributed by atoms with Crippen LogP contribution in [0, 0.1) is 25.9 Å². The van der Waals surface area contributed by atoms with E-state index in [9.17, 15) is 45.1 Å². The van der Waals surface area contributed by atoms with Gasteiger partial charge >= 0.3 is 12.4 Å². The van der Waals surface area contributed by atoms with Gasteiger partial charge in [0.15, 0.2) is 10.2 Å². The molecular weight excluding hydrogens is 876 g/mol. The molecule has 0 bridgehead atoms. The summed E-state index contributed by atoms with van der Waals surface area (Å²) in [6.07, 6.45) is -4.20. The van der Waals surface area contributed by atoms with Gasteiger partial charge in [-0.25, -0.2) is 4.39 Å². The van der Waals surface area contributed by atoms with Crippen molar-refractivity contribution in [2.75, 3.05) is 26.6 Å². The summed E-state index contributed by atoms with van der Waals surface area (Å²) >= 11 is 11.0. The smallest absolute Gasteiger partial charge is 0.360 e. The van der Waals surface area contributed by atoms with E-state index in [2.05, 4.69) is 25.0 Å².